The number of aliphatic carboxylic acids is 1. The molecule has 8 nitrogen and oxygen atoms in total. The van der Waals surface area contributed by atoms with Crippen LogP contribution in [0, 0.1) is 13.8 Å². The third-order valence-electron chi connectivity index (χ3n) is 3.69. The molecule has 1 unspecified atom stereocenters. The van der Waals surface area contributed by atoms with E-state index in [1.165, 1.54) is 23.1 Å². The van der Waals surface area contributed by atoms with Crippen LogP contribution >= 0.6 is 23.1 Å². The maximum absolute atomic E-state index is 11.2. The monoisotopic (exact) mass is 374 g/mol. The predicted molar refractivity (Wildman–Crippen MR) is 94.8 cm³/mol. The first-order valence-electron chi connectivity index (χ1n) is 7.53. The molecule has 0 radical (unpaired) electrons. The van der Waals surface area contributed by atoms with Gasteiger partial charge in [0.1, 0.15) is 0 Å². The fraction of sp³-hybridized carbons (Fsp3) is 0.267. The maximum atomic E-state index is 11.2. The molecule has 1 aliphatic heterocycles. The lowest BCUT2D eigenvalue weighted by Gasteiger charge is -2.20. The van der Waals surface area contributed by atoms with E-state index in [4.69, 9.17) is 0 Å². The van der Waals surface area contributed by atoms with Crippen molar-refractivity contribution in [1.29, 1.82) is 0 Å². The molecule has 25 heavy (non-hydrogen) atoms. The first kappa shape index (κ1) is 16.0. The summed E-state index contributed by atoms with van der Waals surface area (Å²) in [5.74, 6) is -0.371. The molecule has 1 N–H and O–H groups in total. The number of thioether (sulfide) groups is 1. The van der Waals surface area contributed by atoms with Crippen molar-refractivity contribution in [3.8, 4) is 5.95 Å². The third kappa shape index (κ3) is 2.87. The standard InChI is InChI=1S/C15H14N6O2S2/c1-8-6-9(2)20(18-8)14-16-17-15-21(14)19-13(10-4-3-5-24-10)11(25-15)7-12(22)23/h3-6,11H,7H2,1-2H3,(H,22,23). The highest BCUT2D eigenvalue weighted by molar-refractivity contribution is 8.00. The molecule has 0 fully saturated rings. The van der Waals surface area contributed by atoms with Gasteiger partial charge in [-0.1, -0.05) is 17.8 Å². The fourth-order valence-electron chi connectivity index (χ4n) is 2.67. The SMILES string of the molecule is Cc1cc(C)n(-c2nnc3n2N=C(c2cccs2)C(CC(=O)O)S3)n1. The molecule has 0 saturated carbocycles. The Labute approximate surface area is 151 Å². The Morgan fingerprint density at radius 2 is 2.20 bits per heavy atom. The zero-order valence-electron chi connectivity index (χ0n) is 13.4. The van der Waals surface area contributed by atoms with Crippen LogP contribution < -0.4 is 0 Å². The van der Waals surface area contributed by atoms with Crippen LogP contribution in [0.1, 0.15) is 22.7 Å². The van der Waals surface area contributed by atoms with Crippen molar-refractivity contribution in [2.45, 2.75) is 30.7 Å². The number of carboxylic acids is 1. The summed E-state index contributed by atoms with van der Waals surface area (Å²) in [6.07, 6.45) is -0.0243. The molecular formula is C15H14N6O2S2. The Hall–Kier alpha value is -2.46. The minimum Gasteiger partial charge on any atom is -0.481 e. The van der Waals surface area contributed by atoms with E-state index >= 15 is 0 Å². The first-order chi connectivity index (χ1) is 12.0. The van der Waals surface area contributed by atoms with Crippen molar-refractivity contribution in [3.05, 3.63) is 39.8 Å². The van der Waals surface area contributed by atoms with Crippen LogP contribution in [-0.2, 0) is 4.79 Å². The van der Waals surface area contributed by atoms with E-state index in [0.717, 1.165) is 22.0 Å². The number of nitrogens with zero attached hydrogens (tertiary/aromatic N) is 6. The minimum absolute atomic E-state index is 0.0243. The van der Waals surface area contributed by atoms with Crippen molar-refractivity contribution in [2.24, 2.45) is 5.10 Å². The second kappa shape index (κ2) is 6.12. The third-order valence-corrected chi connectivity index (χ3v) is 5.72. The lowest BCUT2D eigenvalue weighted by Crippen LogP contribution is -2.26. The summed E-state index contributed by atoms with van der Waals surface area (Å²) in [7, 11) is 0. The maximum Gasteiger partial charge on any atom is 0.304 e. The lowest BCUT2D eigenvalue weighted by atomic mass is 10.1. The molecule has 0 amide bonds. The fourth-order valence-corrected chi connectivity index (χ4v) is 4.58. The largest absolute Gasteiger partial charge is 0.481 e. The number of thiophene rings is 1. The molecule has 1 aliphatic rings. The molecule has 4 rings (SSSR count). The van der Waals surface area contributed by atoms with Crippen molar-refractivity contribution in [3.63, 3.8) is 0 Å². The van der Waals surface area contributed by atoms with Crippen LogP contribution in [0.3, 0.4) is 0 Å². The van der Waals surface area contributed by atoms with E-state index in [2.05, 4.69) is 20.4 Å². The van der Waals surface area contributed by atoms with Gasteiger partial charge in [-0.3, -0.25) is 4.79 Å². The van der Waals surface area contributed by atoms with Crippen molar-refractivity contribution in [2.75, 3.05) is 0 Å². The first-order valence-corrected chi connectivity index (χ1v) is 9.29. The summed E-state index contributed by atoms with van der Waals surface area (Å²) in [6.45, 7) is 3.85. The summed E-state index contributed by atoms with van der Waals surface area (Å²) >= 11 is 2.90. The van der Waals surface area contributed by atoms with Gasteiger partial charge in [-0.2, -0.15) is 14.9 Å². The Morgan fingerprint density at radius 3 is 2.84 bits per heavy atom. The van der Waals surface area contributed by atoms with Gasteiger partial charge in [-0.05, 0) is 31.4 Å². The summed E-state index contributed by atoms with van der Waals surface area (Å²) in [4.78, 5) is 12.2. The van der Waals surface area contributed by atoms with E-state index in [1.54, 1.807) is 9.36 Å². The number of aromatic nitrogens is 5. The number of carboxylic acid groups (broad SMARTS) is 1. The summed E-state index contributed by atoms with van der Waals surface area (Å²) in [6, 6.07) is 5.82. The Balaban J connectivity index is 1.84. The Kier molecular flexibility index (Phi) is 3.92. The highest BCUT2D eigenvalue weighted by atomic mass is 32.2. The number of carbonyl (C=O) groups is 1. The number of hydrogen-bond donors (Lipinski definition) is 1. The van der Waals surface area contributed by atoms with Crippen molar-refractivity contribution < 1.29 is 9.90 Å². The average Bonchev–Trinajstić information content (AvgIpc) is 3.26. The molecule has 0 spiro atoms. The van der Waals surface area contributed by atoms with Gasteiger partial charge in [-0.25, -0.2) is 4.68 Å². The van der Waals surface area contributed by atoms with E-state index in [9.17, 15) is 9.90 Å². The van der Waals surface area contributed by atoms with Crippen LogP contribution in [0.15, 0.2) is 33.8 Å². The number of aryl methyl sites for hydroxylation is 2. The van der Waals surface area contributed by atoms with E-state index in [0.29, 0.717) is 11.1 Å². The van der Waals surface area contributed by atoms with Gasteiger partial charge < -0.3 is 5.11 Å². The zero-order chi connectivity index (χ0) is 17.6. The Morgan fingerprint density at radius 1 is 1.36 bits per heavy atom. The minimum atomic E-state index is -0.867. The highest BCUT2D eigenvalue weighted by Gasteiger charge is 2.31. The van der Waals surface area contributed by atoms with E-state index in [1.807, 2.05) is 37.4 Å². The highest BCUT2D eigenvalue weighted by Crippen LogP contribution is 2.34. The molecule has 0 bridgehead atoms. The van der Waals surface area contributed by atoms with Gasteiger partial charge >= 0.3 is 5.97 Å². The van der Waals surface area contributed by atoms with Crippen molar-refractivity contribution >= 4 is 34.8 Å². The molecule has 10 heteroatoms. The molecular weight excluding hydrogens is 360 g/mol. The smallest absolute Gasteiger partial charge is 0.304 e. The zero-order valence-corrected chi connectivity index (χ0v) is 15.1. The van der Waals surface area contributed by atoms with Crippen LogP contribution in [0.25, 0.3) is 5.95 Å². The van der Waals surface area contributed by atoms with E-state index < -0.39 is 5.97 Å². The topological polar surface area (TPSA) is 98.2 Å². The molecule has 3 aromatic rings. The van der Waals surface area contributed by atoms with Gasteiger partial charge in [0.15, 0.2) is 0 Å². The van der Waals surface area contributed by atoms with Gasteiger partial charge in [-0.15, -0.1) is 21.5 Å². The lowest BCUT2D eigenvalue weighted by molar-refractivity contribution is -0.136. The van der Waals surface area contributed by atoms with Crippen LogP contribution in [-0.4, -0.2) is 46.7 Å². The van der Waals surface area contributed by atoms with Crippen LogP contribution in [0.5, 0.6) is 0 Å². The van der Waals surface area contributed by atoms with E-state index in [-0.39, 0.29) is 11.7 Å². The molecule has 3 aromatic heterocycles. The average molecular weight is 374 g/mol. The molecule has 0 aromatic carbocycles. The Bertz CT molecular complexity index is 972. The van der Waals surface area contributed by atoms with Gasteiger partial charge in [0.05, 0.1) is 28.0 Å². The van der Waals surface area contributed by atoms with Gasteiger partial charge in [0.25, 0.3) is 5.95 Å². The summed E-state index contributed by atoms with van der Waals surface area (Å²) < 4.78 is 3.33. The molecule has 1 atom stereocenters. The second-order valence-electron chi connectivity index (χ2n) is 5.60. The molecule has 0 aliphatic carbocycles. The van der Waals surface area contributed by atoms with Gasteiger partial charge in [0.2, 0.25) is 5.16 Å². The number of hydrogen-bond acceptors (Lipinski definition) is 7. The quantitative estimate of drug-likeness (QED) is 0.753. The number of fused-ring (bicyclic) bond motifs is 1. The predicted octanol–water partition coefficient (Wildman–Crippen LogP) is 2.34. The van der Waals surface area contributed by atoms with Crippen molar-refractivity contribution in [1.82, 2.24) is 24.7 Å². The molecule has 128 valence electrons. The van der Waals surface area contributed by atoms with Gasteiger partial charge in [0, 0.05) is 5.69 Å². The van der Waals surface area contributed by atoms with Crippen LogP contribution in [0.2, 0.25) is 0 Å². The molecule has 0 saturated heterocycles. The number of rotatable bonds is 4. The van der Waals surface area contributed by atoms with Crippen LogP contribution in [0.4, 0.5) is 0 Å². The normalized spacial score (nSPS) is 16.6. The summed E-state index contributed by atoms with van der Waals surface area (Å²) in [5, 5.41) is 28.9. The molecule has 4 heterocycles. The second-order valence-corrected chi connectivity index (χ2v) is 7.72. The summed E-state index contributed by atoms with van der Waals surface area (Å²) in [5.41, 5.74) is 2.53.